The Morgan fingerprint density at radius 2 is 2.14 bits per heavy atom. The van der Waals surface area contributed by atoms with Crippen molar-refractivity contribution in [3.8, 4) is 11.4 Å². The van der Waals surface area contributed by atoms with E-state index in [2.05, 4.69) is 35.3 Å². The summed E-state index contributed by atoms with van der Waals surface area (Å²) in [6.45, 7) is 9.16. The Kier molecular flexibility index (Phi) is 8.07. The molecular weight excluding hydrogens is 470 g/mol. The van der Waals surface area contributed by atoms with Gasteiger partial charge in [0.15, 0.2) is 0 Å². The quantitative estimate of drug-likeness (QED) is 0.165. The van der Waals surface area contributed by atoms with Crippen LogP contribution in [0.1, 0.15) is 25.1 Å². The molecule has 0 aliphatic carbocycles. The minimum Gasteiger partial charge on any atom is -0.465 e. The van der Waals surface area contributed by atoms with Crippen LogP contribution in [0.5, 0.6) is 0 Å². The average Bonchev–Trinajstić information content (AvgIpc) is 3.18. The fraction of sp³-hybridized carbons (Fsp3) is 0.435. The zero-order valence-electron chi connectivity index (χ0n) is 20.3. The van der Waals surface area contributed by atoms with Crippen molar-refractivity contribution in [2.75, 3.05) is 11.9 Å². The number of nitrogens with one attached hydrogen (secondary N) is 2. The van der Waals surface area contributed by atoms with Gasteiger partial charge in [-0.1, -0.05) is 38.7 Å². The van der Waals surface area contributed by atoms with Gasteiger partial charge in [0.2, 0.25) is 5.91 Å². The zero-order valence-corrected chi connectivity index (χ0v) is 21.3. The number of carboxylic acid groups (broad SMARTS) is 1. The highest BCUT2D eigenvalue weighted by atomic mass is 28.3. The van der Waals surface area contributed by atoms with Crippen molar-refractivity contribution in [2.45, 2.75) is 51.8 Å². The number of benzene rings is 1. The Morgan fingerprint density at radius 3 is 2.80 bits per heavy atom. The molecule has 1 aliphatic rings. The van der Waals surface area contributed by atoms with Gasteiger partial charge in [0.25, 0.3) is 5.69 Å². The zero-order chi connectivity index (χ0) is 25.8. The minimum absolute atomic E-state index is 0.156. The van der Waals surface area contributed by atoms with Gasteiger partial charge < -0.3 is 25.0 Å². The van der Waals surface area contributed by atoms with Crippen LogP contribution in [-0.4, -0.2) is 46.3 Å². The molecule has 0 saturated carbocycles. The van der Waals surface area contributed by atoms with Crippen molar-refractivity contribution in [3.63, 3.8) is 0 Å². The van der Waals surface area contributed by atoms with Gasteiger partial charge in [0.05, 0.1) is 28.3 Å². The smallest absolute Gasteiger partial charge is 0.405 e. The first-order valence-electron chi connectivity index (χ1n) is 11.4. The van der Waals surface area contributed by atoms with E-state index in [0.29, 0.717) is 30.1 Å². The van der Waals surface area contributed by atoms with E-state index in [1.165, 1.54) is 18.2 Å². The molecule has 2 amide bonds. The predicted molar refractivity (Wildman–Crippen MR) is 134 cm³/mol. The topological polar surface area (TPSA) is 149 Å². The van der Waals surface area contributed by atoms with E-state index < -0.39 is 31.1 Å². The van der Waals surface area contributed by atoms with Crippen molar-refractivity contribution in [1.82, 2.24) is 14.9 Å². The first kappa shape index (κ1) is 26.1. The maximum absolute atomic E-state index is 12.8. The normalized spacial score (nSPS) is 18.1. The van der Waals surface area contributed by atoms with E-state index in [1.807, 2.05) is 0 Å². The number of imidazole rings is 1. The maximum Gasteiger partial charge on any atom is 0.405 e. The highest BCUT2D eigenvalue weighted by molar-refractivity contribution is 6.76. The first-order chi connectivity index (χ1) is 16.4. The molecule has 11 nitrogen and oxygen atoms in total. The van der Waals surface area contributed by atoms with Gasteiger partial charge >= 0.3 is 6.09 Å². The van der Waals surface area contributed by atoms with Crippen LogP contribution in [0.4, 0.5) is 16.2 Å². The summed E-state index contributed by atoms with van der Waals surface area (Å²) < 4.78 is 7.65. The van der Waals surface area contributed by atoms with E-state index in [1.54, 1.807) is 29.8 Å². The summed E-state index contributed by atoms with van der Waals surface area (Å²) in [6, 6.07) is 4.49. The molecule has 3 rings (SSSR count). The number of nitro groups is 1. The molecule has 188 valence electrons. The number of hydrogen-bond acceptors (Lipinski definition) is 6. The largest absolute Gasteiger partial charge is 0.465 e. The van der Waals surface area contributed by atoms with E-state index in [9.17, 15) is 24.8 Å². The summed E-state index contributed by atoms with van der Waals surface area (Å²) >= 11 is 0. The number of non-ortho nitro benzene ring substituents is 1. The molecule has 0 saturated heterocycles. The predicted octanol–water partition coefficient (Wildman–Crippen LogP) is 4.61. The molecular formula is C23H31N5O6Si. The third-order valence-corrected chi connectivity index (χ3v) is 7.30. The van der Waals surface area contributed by atoms with Crippen LogP contribution >= 0.6 is 0 Å². The molecule has 2 atom stereocenters. The number of carbonyl (C=O) groups excluding carboxylic acids is 1. The lowest BCUT2D eigenvalue weighted by Gasteiger charge is -2.17. The molecule has 2 heterocycles. The Labute approximate surface area is 204 Å². The van der Waals surface area contributed by atoms with Crippen molar-refractivity contribution >= 4 is 31.4 Å². The van der Waals surface area contributed by atoms with Gasteiger partial charge in [0, 0.05) is 38.6 Å². The maximum atomic E-state index is 12.8. The summed E-state index contributed by atoms with van der Waals surface area (Å²) in [5.74, 6) is -0.481. The summed E-state index contributed by atoms with van der Waals surface area (Å²) in [6.07, 6.45) is 4.21. The van der Waals surface area contributed by atoms with Crippen LogP contribution in [0.15, 0.2) is 36.5 Å². The van der Waals surface area contributed by atoms with Crippen LogP contribution in [0, 0.1) is 16.0 Å². The number of fused-ring (bicyclic) bond motifs is 4. The Balaban J connectivity index is 2.10. The van der Waals surface area contributed by atoms with E-state index in [4.69, 9.17) is 4.74 Å². The number of carbonyl (C=O) groups is 2. The number of aromatic nitrogens is 2. The Morgan fingerprint density at radius 1 is 1.40 bits per heavy atom. The van der Waals surface area contributed by atoms with E-state index in [-0.39, 0.29) is 24.0 Å². The average molecular weight is 502 g/mol. The molecule has 0 spiro atoms. The second-order valence-electron chi connectivity index (χ2n) is 9.74. The second-order valence-corrected chi connectivity index (χ2v) is 15.4. The fourth-order valence-corrected chi connectivity index (χ4v) is 4.31. The second kappa shape index (κ2) is 10.8. The molecule has 1 aromatic heterocycles. The third kappa shape index (κ3) is 6.99. The highest BCUT2D eigenvalue weighted by Gasteiger charge is 2.24. The van der Waals surface area contributed by atoms with E-state index in [0.717, 1.165) is 6.04 Å². The lowest BCUT2D eigenvalue weighted by atomic mass is 10.1. The van der Waals surface area contributed by atoms with Crippen LogP contribution < -0.4 is 10.6 Å². The molecule has 12 heteroatoms. The van der Waals surface area contributed by atoms with Crippen LogP contribution in [-0.2, 0) is 16.3 Å². The molecule has 0 unspecified atom stereocenters. The van der Waals surface area contributed by atoms with Crippen molar-refractivity contribution in [2.24, 2.45) is 5.92 Å². The molecule has 0 fully saturated rings. The molecule has 1 aromatic carbocycles. The highest BCUT2D eigenvalue weighted by Crippen LogP contribution is 2.33. The van der Waals surface area contributed by atoms with Gasteiger partial charge in [-0.15, -0.1) is 0 Å². The first-order valence-corrected chi connectivity index (χ1v) is 15.1. The number of ether oxygens (including phenoxy) is 1. The monoisotopic (exact) mass is 501 g/mol. The van der Waals surface area contributed by atoms with Gasteiger partial charge in [-0.3, -0.25) is 14.9 Å². The number of nitro benzene ring substituents is 1. The Hall–Kier alpha value is -3.51. The van der Waals surface area contributed by atoms with Crippen molar-refractivity contribution < 1.29 is 24.4 Å². The number of amides is 2. The van der Waals surface area contributed by atoms with Gasteiger partial charge in [0.1, 0.15) is 12.6 Å². The standard InChI is InChI=1S/C23H31N5O6Si/c1-15-6-5-7-18(26-23(30)31)20-13-27(14-34-10-11-35(2,3)4)21(24-20)17-9-8-16(28(32)33)12-19(17)25-22(15)29/h5-6,8-9,12-13,15,18,26H,7,10-11,14H2,1-4H3,(H,25,29)(H,30,31)/t15-,18+/m1/s1. The van der Waals surface area contributed by atoms with Crippen LogP contribution in [0.2, 0.25) is 25.7 Å². The lowest BCUT2D eigenvalue weighted by Crippen LogP contribution is -2.27. The SMILES string of the molecule is C[C@@H]1C=CC[C@H](NC(=O)O)c2cn(COCC[Si](C)(C)C)c(n2)-c2ccc([N+](=O)[O-])cc2NC1=O. The number of hydrogen-bond donors (Lipinski definition) is 3. The summed E-state index contributed by atoms with van der Waals surface area (Å²) in [5.41, 5.74) is 1.02. The molecule has 1 aliphatic heterocycles. The summed E-state index contributed by atoms with van der Waals surface area (Å²) in [7, 11) is -1.30. The van der Waals surface area contributed by atoms with Crippen molar-refractivity contribution in [1.29, 1.82) is 0 Å². The lowest BCUT2D eigenvalue weighted by molar-refractivity contribution is -0.384. The molecule has 3 N–H and O–H groups in total. The number of anilines is 1. The molecule has 35 heavy (non-hydrogen) atoms. The molecule has 2 aromatic rings. The molecule has 0 radical (unpaired) electrons. The van der Waals surface area contributed by atoms with Gasteiger partial charge in [-0.25, -0.2) is 9.78 Å². The van der Waals surface area contributed by atoms with Crippen LogP contribution in [0.3, 0.4) is 0 Å². The fourth-order valence-electron chi connectivity index (χ4n) is 3.56. The van der Waals surface area contributed by atoms with Gasteiger partial charge in [-0.2, -0.15) is 0 Å². The summed E-state index contributed by atoms with van der Waals surface area (Å²) in [5, 5.41) is 26.0. The van der Waals surface area contributed by atoms with E-state index >= 15 is 0 Å². The number of nitrogens with zero attached hydrogens (tertiary/aromatic N) is 3. The van der Waals surface area contributed by atoms with Gasteiger partial charge in [-0.05, 0) is 18.5 Å². The third-order valence-electron chi connectivity index (χ3n) is 5.60. The minimum atomic E-state index is -1.30. The number of rotatable bonds is 7. The molecule has 2 bridgehead atoms. The van der Waals surface area contributed by atoms with Crippen molar-refractivity contribution in [3.05, 3.63) is 52.4 Å². The Bertz CT molecular complexity index is 1140. The summed E-state index contributed by atoms with van der Waals surface area (Å²) in [4.78, 5) is 39.8. The van der Waals surface area contributed by atoms with Crippen LogP contribution in [0.25, 0.3) is 11.4 Å².